The minimum absolute atomic E-state index is 0.178. The zero-order valence-electron chi connectivity index (χ0n) is 14.4. The fourth-order valence-electron chi connectivity index (χ4n) is 3.46. The second-order valence-corrected chi connectivity index (χ2v) is 6.64. The van der Waals surface area contributed by atoms with Crippen molar-refractivity contribution in [3.63, 3.8) is 0 Å². The van der Waals surface area contributed by atoms with Gasteiger partial charge in [0.15, 0.2) is 0 Å². The third-order valence-electron chi connectivity index (χ3n) is 4.90. The summed E-state index contributed by atoms with van der Waals surface area (Å²) in [5.41, 5.74) is 4.24. The van der Waals surface area contributed by atoms with Gasteiger partial charge in [0.25, 0.3) is 0 Å². The second kappa shape index (κ2) is 6.63. The summed E-state index contributed by atoms with van der Waals surface area (Å²) in [5, 5.41) is 1.05. The minimum atomic E-state index is 0.178. The Morgan fingerprint density at radius 2 is 1.80 bits per heavy atom. The second-order valence-electron chi connectivity index (χ2n) is 6.64. The smallest absolute Gasteiger partial charge is 0.227 e. The number of aryl methyl sites for hydroxylation is 1. The summed E-state index contributed by atoms with van der Waals surface area (Å²) < 4.78 is 5.59. The van der Waals surface area contributed by atoms with E-state index >= 15 is 0 Å². The number of amides is 1. The Bertz CT molecular complexity index is 877. The van der Waals surface area contributed by atoms with Crippen molar-refractivity contribution in [1.82, 2.24) is 4.90 Å². The molecule has 1 aromatic heterocycles. The Morgan fingerprint density at radius 3 is 2.56 bits per heavy atom. The van der Waals surface area contributed by atoms with E-state index < -0.39 is 0 Å². The number of hydrogen-bond acceptors (Lipinski definition) is 3. The van der Waals surface area contributed by atoms with Gasteiger partial charge in [-0.25, -0.2) is 0 Å². The lowest BCUT2D eigenvalue weighted by molar-refractivity contribution is -0.130. The molecule has 0 saturated carbocycles. The maximum absolute atomic E-state index is 12.7. The summed E-state index contributed by atoms with van der Waals surface area (Å²) in [6.07, 6.45) is 2.13. The van der Waals surface area contributed by atoms with Gasteiger partial charge in [-0.15, -0.1) is 0 Å². The number of rotatable bonds is 3. The van der Waals surface area contributed by atoms with Crippen molar-refractivity contribution in [2.45, 2.75) is 13.3 Å². The molecule has 0 bridgehead atoms. The van der Waals surface area contributed by atoms with E-state index in [1.165, 1.54) is 11.3 Å². The van der Waals surface area contributed by atoms with Gasteiger partial charge >= 0.3 is 0 Å². The maximum Gasteiger partial charge on any atom is 0.227 e. The number of para-hydroxylation sites is 1. The van der Waals surface area contributed by atoms with Crippen LogP contribution in [0.25, 0.3) is 11.0 Å². The van der Waals surface area contributed by atoms with Crippen molar-refractivity contribution in [3.8, 4) is 0 Å². The van der Waals surface area contributed by atoms with Crippen LogP contribution in [-0.2, 0) is 11.2 Å². The monoisotopic (exact) mass is 334 g/mol. The van der Waals surface area contributed by atoms with Crippen LogP contribution >= 0.6 is 0 Å². The van der Waals surface area contributed by atoms with Crippen molar-refractivity contribution in [2.24, 2.45) is 0 Å². The summed E-state index contributed by atoms with van der Waals surface area (Å²) in [7, 11) is 0. The lowest BCUT2D eigenvalue weighted by Crippen LogP contribution is -2.49. The highest BCUT2D eigenvalue weighted by atomic mass is 16.3. The number of piperazine rings is 1. The molecule has 0 spiro atoms. The Morgan fingerprint density at radius 1 is 1.04 bits per heavy atom. The molecule has 4 rings (SSSR count). The first kappa shape index (κ1) is 15.8. The van der Waals surface area contributed by atoms with Crippen LogP contribution in [0.3, 0.4) is 0 Å². The first-order chi connectivity index (χ1) is 12.2. The van der Waals surface area contributed by atoms with Gasteiger partial charge in [-0.2, -0.15) is 0 Å². The summed E-state index contributed by atoms with van der Waals surface area (Å²) in [5.74, 6) is 0.178. The maximum atomic E-state index is 12.7. The van der Waals surface area contributed by atoms with Crippen LogP contribution in [-0.4, -0.2) is 37.0 Å². The summed E-state index contributed by atoms with van der Waals surface area (Å²) in [6.45, 7) is 5.34. The predicted molar refractivity (Wildman–Crippen MR) is 99.9 cm³/mol. The number of carbonyl (C=O) groups excluding carboxylic acids is 1. The molecule has 128 valence electrons. The molecule has 0 aliphatic carbocycles. The molecule has 0 unspecified atom stereocenters. The Kier molecular flexibility index (Phi) is 4.18. The third-order valence-corrected chi connectivity index (χ3v) is 4.90. The van der Waals surface area contributed by atoms with Crippen LogP contribution in [0.15, 0.2) is 59.2 Å². The Balaban J connectivity index is 1.41. The SMILES string of the molecule is Cc1ccc2occ(CC(=O)N3CCN(c4ccccc4)CC3)c2c1. The molecule has 1 saturated heterocycles. The van der Waals surface area contributed by atoms with Crippen molar-refractivity contribution < 1.29 is 9.21 Å². The van der Waals surface area contributed by atoms with E-state index in [1.807, 2.05) is 23.1 Å². The van der Waals surface area contributed by atoms with E-state index in [0.29, 0.717) is 6.42 Å². The molecular weight excluding hydrogens is 312 g/mol. The van der Waals surface area contributed by atoms with Gasteiger partial charge in [-0.3, -0.25) is 4.79 Å². The molecule has 1 aliphatic heterocycles. The fraction of sp³-hybridized carbons (Fsp3) is 0.286. The summed E-state index contributed by atoms with van der Waals surface area (Å²) in [6, 6.07) is 16.5. The number of hydrogen-bond donors (Lipinski definition) is 0. The van der Waals surface area contributed by atoms with E-state index in [1.54, 1.807) is 6.26 Å². The van der Waals surface area contributed by atoms with Crippen LogP contribution in [0, 0.1) is 6.92 Å². The molecule has 4 heteroatoms. The van der Waals surface area contributed by atoms with Crippen molar-refractivity contribution in [1.29, 1.82) is 0 Å². The number of furan rings is 1. The van der Waals surface area contributed by atoms with Crippen molar-refractivity contribution in [2.75, 3.05) is 31.1 Å². The molecule has 1 fully saturated rings. The van der Waals surface area contributed by atoms with E-state index in [9.17, 15) is 4.79 Å². The normalized spacial score (nSPS) is 14.9. The van der Waals surface area contributed by atoms with Crippen LogP contribution < -0.4 is 4.90 Å². The molecule has 2 aromatic carbocycles. The molecule has 2 heterocycles. The predicted octanol–water partition coefficient (Wildman–Crippen LogP) is 3.63. The van der Waals surface area contributed by atoms with Crippen LogP contribution in [0.2, 0.25) is 0 Å². The number of nitrogens with zero attached hydrogens (tertiary/aromatic N) is 2. The lowest BCUT2D eigenvalue weighted by Gasteiger charge is -2.36. The van der Waals surface area contributed by atoms with Gasteiger partial charge in [0.05, 0.1) is 12.7 Å². The van der Waals surface area contributed by atoms with E-state index in [-0.39, 0.29) is 5.91 Å². The topological polar surface area (TPSA) is 36.7 Å². The quantitative estimate of drug-likeness (QED) is 0.734. The van der Waals surface area contributed by atoms with Crippen molar-refractivity contribution >= 4 is 22.6 Å². The highest BCUT2D eigenvalue weighted by Gasteiger charge is 2.22. The van der Waals surface area contributed by atoms with Gasteiger partial charge in [-0.05, 0) is 31.2 Å². The molecule has 1 amide bonds. The molecule has 4 nitrogen and oxygen atoms in total. The molecule has 0 radical (unpaired) electrons. The standard InChI is InChI=1S/C21H22N2O2/c1-16-7-8-20-19(13-16)17(15-25-20)14-21(24)23-11-9-22(10-12-23)18-5-3-2-4-6-18/h2-8,13,15H,9-12,14H2,1H3. The largest absolute Gasteiger partial charge is 0.464 e. The Labute approximate surface area is 147 Å². The van der Waals surface area contributed by atoms with Crippen LogP contribution in [0.4, 0.5) is 5.69 Å². The molecule has 0 atom stereocenters. The third kappa shape index (κ3) is 3.25. The van der Waals surface area contributed by atoms with Gasteiger partial charge in [0, 0.05) is 42.8 Å². The number of benzene rings is 2. The number of fused-ring (bicyclic) bond motifs is 1. The minimum Gasteiger partial charge on any atom is -0.464 e. The highest BCUT2D eigenvalue weighted by Crippen LogP contribution is 2.23. The van der Waals surface area contributed by atoms with Gasteiger partial charge < -0.3 is 14.2 Å². The molecule has 25 heavy (non-hydrogen) atoms. The first-order valence-electron chi connectivity index (χ1n) is 8.75. The zero-order chi connectivity index (χ0) is 17.2. The molecule has 3 aromatic rings. The number of anilines is 1. The molecule has 1 aliphatic rings. The Hall–Kier alpha value is -2.75. The molecular formula is C21H22N2O2. The highest BCUT2D eigenvalue weighted by molar-refractivity contribution is 5.88. The summed E-state index contributed by atoms with van der Waals surface area (Å²) in [4.78, 5) is 17.0. The average Bonchev–Trinajstić information content (AvgIpc) is 3.04. The zero-order valence-corrected chi connectivity index (χ0v) is 14.4. The van der Waals surface area contributed by atoms with Gasteiger partial charge in [-0.1, -0.05) is 29.8 Å². The van der Waals surface area contributed by atoms with E-state index in [0.717, 1.165) is 42.7 Å². The van der Waals surface area contributed by atoms with Crippen molar-refractivity contribution in [3.05, 3.63) is 65.9 Å². The fourth-order valence-corrected chi connectivity index (χ4v) is 3.46. The van der Waals surface area contributed by atoms with Crippen LogP contribution in [0.5, 0.6) is 0 Å². The van der Waals surface area contributed by atoms with E-state index in [2.05, 4.69) is 42.2 Å². The summed E-state index contributed by atoms with van der Waals surface area (Å²) >= 11 is 0. The molecule has 0 N–H and O–H groups in total. The van der Waals surface area contributed by atoms with Gasteiger partial charge in [0.1, 0.15) is 5.58 Å². The lowest BCUT2D eigenvalue weighted by atomic mass is 10.1. The van der Waals surface area contributed by atoms with Crippen LogP contribution in [0.1, 0.15) is 11.1 Å². The van der Waals surface area contributed by atoms with Gasteiger partial charge in [0.2, 0.25) is 5.91 Å². The average molecular weight is 334 g/mol. The first-order valence-corrected chi connectivity index (χ1v) is 8.75. The number of carbonyl (C=O) groups is 1. The van der Waals surface area contributed by atoms with E-state index in [4.69, 9.17) is 4.42 Å².